The predicted octanol–water partition coefficient (Wildman–Crippen LogP) is 4.50. The van der Waals surface area contributed by atoms with Gasteiger partial charge in [0, 0.05) is 49.8 Å². The molecule has 4 heterocycles. The first-order chi connectivity index (χ1) is 15.9. The fourth-order valence-corrected chi connectivity index (χ4v) is 6.12. The molecule has 5 rings (SSSR count). The number of aromatic nitrogens is 1. The molecule has 1 N–H and O–H groups in total. The maximum Gasteiger partial charge on any atom is 0.298 e. The Kier molecular flexibility index (Phi) is 9.13. The van der Waals surface area contributed by atoms with Gasteiger partial charge in [0.2, 0.25) is 0 Å². The Bertz CT molecular complexity index is 1020. The van der Waals surface area contributed by atoms with E-state index in [-0.39, 0.29) is 42.8 Å². The number of para-hydroxylation sites is 1. The van der Waals surface area contributed by atoms with Crippen LogP contribution in [0.1, 0.15) is 56.3 Å². The van der Waals surface area contributed by atoms with Crippen molar-refractivity contribution < 1.29 is 9.21 Å². The molecule has 0 aliphatic carbocycles. The molecule has 3 saturated heterocycles. The lowest BCUT2D eigenvalue weighted by Gasteiger charge is -2.47. The predicted molar refractivity (Wildman–Crippen MR) is 146 cm³/mol. The van der Waals surface area contributed by atoms with Gasteiger partial charge in [-0.15, -0.1) is 31.4 Å². The molecule has 1 amide bonds. The first-order valence-corrected chi connectivity index (χ1v) is 12.5. The van der Waals surface area contributed by atoms with E-state index in [0.717, 1.165) is 32.5 Å². The molecule has 194 valence electrons. The molecule has 2 unspecified atom stereocenters. The highest BCUT2D eigenvalue weighted by Crippen LogP contribution is 2.33. The molecule has 2 aromatic rings. The van der Waals surface area contributed by atoms with Crippen molar-refractivity contribution in [3.63, 3.8) is 0 Å². The standard InChI is InChI=1S/C26H37N5O2.2ClH/c1-5-12-30-15-18(3)31(16-17(30)2)26-28-24-22(10-7-11-23(24)33-26)25(32)27-19-13-20-8-6-9-21(14-19)29(20)4;;/h5,7,10-11,17-21H,1,6,8-9,12-16H2,2-4H3,(H,27,32);2*1H/t17-,18+,19?,20?,21?;;/m1../s1. The topological polar surface area (TPSA) is 64.8 Å². The second kappa shape index (κ2) is 11.5. The van der Waals surface area contributed by atoms with E-state index in [2.05, 4.69) is 47.5 Å². The van der Waals surface area contributed by atoms with Crippen molar-refractivity contribution >= 4 is 47.8 Å². The van der Waals surface area contributed by atoms with Gasteiger partial charge in [-0.2, -0.15) is 4.98 Å². The summed E-state index contributed by atoms with van der Waals surface area (Å²) in [7, 11) is 2.24. The van der Waals surface area contributed by atoms with Crippen LogP contribution in [0.4, 0.5) is 6.01 Å². The summed E-state index contributed by atoms with van der Waals surface area (Å²) in [5.74, 6) is -0.0368. The molecule has 35 heavy (non-hydrogen) atoms. The summed E-state index contributed by atoms with van der Waals surface area (Å²) in [4.78, 5) is 25.3. The zero-order chi connectivity index (χ0) is 23.1. The molecule has 3 aliphatic rings. The highest BCUT2D eigenvalue weighted by molar-refractivity contribution is 6.04. The molecule has 1 aromatic carbocycles. The average molecular weight is 525 g/mol. The maximum atomic E-state index is 13.3. The highest BCUT2D eigenvalue weighted by Gasteiger charge is 2.37. The second-order valence-corrected chi connectivity index (χ2v) is 10.3. The van der Waals surface area contributed by atoms with Gasteiger partial charge >= 0.3 is 0 Å². The summed E-state index contributed by atoms with van der Waals surface area (Å²) in [6.45, 7) is 10.9. The number of piperazine rings is 1. The molecule has 1 aromatic heterocycles. The Morgan fingerprint density at radius 2 is 1.89 bits per heavy atom. The van der Waals surface area contributed by atoms with Crippen LogP contribution in [0.3, 0.4) is 0 Å². The lowest BCUT2D eigenvalue weighted by Crippen LogP contribution is -2.56. The largest absolute Gasteiger partial charge is 0.423 e. The van der Waals surface area contributed by atoms with Crippen molar-refractivity contribution in [3.8, 4) is 0 Å². The quantitative estimate of drug-likeness (QED) is 0.582. The van der Waals surface area contributed by atoms with Crippen LogP contribution in [0.25, 0.3) is 11.1 Å². The van der Waals surface area contributed by atoms with Gasteiger partial charge in [0.1, 0.15) is 5.52 Å². The summed E-state index contributed by atoms with van der Waals surface area (Å²) in [5.41, 5.74) is 1.94. The molecule has 3 fully saturated rings. The number of piperidine rings is 2. The van der Waals surface area contributed by atoms with Crippen molar-refractivity contribution in [2.75, 3.05) is 31.6 Å². The Morgan fingerprint density at radius 3 is 2.57 bits per heavy atom. The number of oxazole rings is 1. The molecule has 0 saturated carbocycles. The van der Waals surface area contributed by atoms with Crippen molar-refractivity contribution in [2.24, 2.45) is 0 Å². The highest BCUT2D eigenvalue weighted by atomic mass is 35.5. The monoisotopic (exact) mass is 523 g/mol. The summed E-state index contributed by atoms with van der Waals surface area (Å²) in [6, 6.07) is 8.32. The van der Waals surface area contributed by atoms with Gasteiger partial charge in [0.25, 0.3) is 11.9 Å². The van der Waals surface area contributed by atoms with Crippen molar-refractivity contribution in [3.05, 3.63) is 36.4 Å². The van der Waals surface area contributed by atoms with Gasteiger partial charge in [-0.3, -0.25) is 9.69 Å². The SMILES string of the molecule is C=CCN1C[C@H](C)N(c2nc3c(C(=O)NC4CC5CCCC(C4)N5C)cccc3o2)C[C@H]1C.Cl.Cl. The van der Waals surface area contributed by atoms with E-state index in [9.17, 15) is 4.79 Å². The van der Waals surface area contributed by atoms with Crippen LogP contribution in [0.15, 0.2) is 35.3 Å². The second-order valence-electron chi connectivity index (χ2n) is 10.3. The van der Waals surface area contributed by atoms with Crippen LogP contribution in [0, 0.1) is 0 Å². The van der Waals surface area contributed by atoms with E-state index in [4.69, 9.17) is 9.40 Å². The molecule has 3 aliphatic heterocycles. The van der Waals surface area contributed by atoms with Crippen LogP contribution in [-0.2, 0) is 0 Å². The molecular weight excluding hydrogens is 485 g/mol. The van der Waals surface area contributed by atoms with Gasteiger partial charge in [-0.05, 0) is 58.7 Å². The summed E-state index contributed by atoms with van der Waals surface area (Å²) in [6.07, 6.45) is 7.80. The summed E-state index contributed by atoms with van der Waals surface area (Å²) < 4.78 is 6.17. The van der Waals surface area contributed by atoms with Crippen LogP contribution in [0.5, 0.6) is 0 Å². The van der Waals surface area contributed by atoms with E-state index in [0.29, 0.717) is 40.8 Å². The number of halogens is 2. The molecular formula is C26H39Cl2N5O2. The number of amides is 1. The van der Waals surface area contributed by atoms with Crippen molar-refractivity contribution in [1.82, 2.24) is 20.1 Å². The number of rotatable bonds is 5. The molecule has 2 bridgehead atoms. The van der Waals surface area contributed by atoms with Crippen molar-refractivity contribution in [1.29, 1.82) is 0 Å². The Morgan fingerprint density at radius 1 is 1.17 bits per heavy atom. The molecule has 7 nitrogen and oxygen atoms in total. The summed E-state index contributed by atoms with van der Waals surface area (Å²) >= 11 is 0. The van der Waals surface area contributed by atoms with Gasteiger partial charge in [-0.25, -0.2) is 0 Å². The number of carbonyl (C=O) groups is 1. The number of nitrogens with one attached hydrogen (secondary N) is 1. The minimum Gasteiger partial charge on any atom is -0.423 e. The van der Waals surface area contributed by atoms with E-state index >= 15 is 0 Å². The lowest BCUT2D eigenvalue weighted by atomic mass is 9.82. The zero-order valence-corrected chi connectivity index (χ0v) is 22.6. The number of hydrogen-bond acceptors (Lipinski definition) is 6. The zero-order valence-electron chi connectivity index (χ0n) is 21.0. The normalized spacial score (nSPS) is 29.2. The Balaban J connectivity index is 0.00000171. The van der Waals surface area contributed by atoms with Crippen molar-refractivity contribution in [2.45, 2.75) is 76.2 Å². The fraction of sp³-hybridized carbons (Fsp3) is 0.615. The number of fused-ring (bicyclic) bond motifs is 3. The number of anilines is 1. The van der Waals surface area contributed by atoms with Gasteiger partial charge in [0.05, 0.1) is 5.56 Å². The molecule has 9 heteroatoms. The first-order valence-electron chi connectivity index (χ1n) is 12.5. The molecule has 0 spiro atoms. The van der Waals surface area contributed by atoms with E-state index in [1.165, 1.54) is 19.3 Å². The third-order valence-electron chi connectivity index (χ3n) is 8.05. The first kappa shape index (κ1) is 27.8. The van der Waals surface area contributed by atoms with Crippen LogP contribution in [0.2, 0.25) is 0 Å². The number of hydrogen-bond donors (Lipinski definition) is 1. The Hall–Kier alpha value is -1.80. The smallest absolute Gasteiger partial charge is 0.298 e. The minimum absolute atomic E-state index is 0. The van der Waals surface area contributed by atoms with E-state index in [1.807, 2.05) is 24.3 Å². The van der Waals surface area contributed by atoms with E-state index in [1.54, 1.807) is 0 Å². The van der Waals surface area contributed by atoms with Crippen LogP contribution >= 0.6 is 24.8 Å². The Labute approximate surface area is 221 Å². The average Bonchev–Trinajstić information content (AvgIpc) is 3.21. The number of benzene rings is 1. The number of carbonyl (C=O) groups excluding carboxylic acids is 1. The third kappa shape index (κ3) is 5.48. The molecule has 0 radical (unpaired) electrons. The van der Waals surface area contributed by atoms with Crippen LogP contribution < -0.4 is 10.2 Å². The fourth-order valence-electron chi connectivity index (χ4n) is 6.12. The van der Waals surface area contributed by atoms with Gasteiger partial charge in [-0.1, -0.05) is 18.6 Å². The number of nitrogens with zero attached hydrogens (tertiary/aromatic N) is 4. The van der Waals surface area contributed by atoms with Gasteiger partial charge in [0.15, 0.2) is 5.58 Å². The minimum atomic E-state index is -0.0368. The lowest BCUT2D eigenvalue weighted by molar-refractivity contribution is 0.0463. The summed E-state index contributed by atoms with van der Waals surface area (Å²) in [5, 5.41) is 3.32. The van der Waals surface area contributed by atoms with Crippen LogP contribution in [-0.4, -0.2) is 77.6 Å². The van der Waals surface area contributed by atoms with Gasteiger partial charge < -0.3 is 19.5 Å². The van der Waals surface area contributed by atoms with E-state index < -0.39 is 0 Å². The molecule has 4 atom stereocenters. The third-order valence-corrected chi connectivity index (χ3v) is 8.05. The maximum absolute atomic E-state index is 13.3.